The van der Waals surface area contributed by atoms with Crippen molar-refractivity contribution in [2.75, 3.05) is 6.61 Å². The molecule has 7 atom stereocenters. The molecule has 0 saturated heterocycles. The lowest BCUT2D eigenvalue weighted by Crippen LogP contribution is -2.30. The largest absolute Gasteiger partial charge is 0.396 e. The number of rotatable bonds is 4. The van der Waals surface area contributed by atoms with Gasteiger partial charge in [-0.3, -0.25) is 0 Å². The monoisotopic (exact) mass is 250 g/mol. The van der Waals surface area contributed by atoms with E-state index in [0.717, 1.165) is 23.7 Å². The van der Waals surface area contributed by atoms with E-state index in [1.165, 1.54) is 25.7 Å². The molecule has 0 radical (unpaired) electrons. The highest BCUT2D eigenvalue weighted by atomic mass is 16.3. The molecule has 18 heavy (non-hydrogen) atoms. The van der Waals surface area contributed by atoms with Gasteiger partial charge in [-0.05, 0) is 54.3 Å². The fourth-order valence-corrected chi connectivity index (χ4v) is 5.00. The summed E-state index contributed by atoms with van der Waals surface area (Å²) in [6.07, 6.45) is 7.45. The molecule has 0 spiro atoms. The van der Waals surface area contributed by atoms with Crippen molar-refractivity contribution in [3.05, 3.63) is 12.7 Å². The van der Waals surface area contributed by atoms with E-state index in [4.69, 9.17) is 0 Å². The van der Waals surface area contributed by atoms with Crippen LogP contribution in [0.4, 0.5) is 0 Å². The zero-order chi connectivity index (χ0) is 13.3. The number of aliphatic hydroxyl groups is 1. The highest BCUT2D eigenvalue weighted by molar-refractivity contribution is 4.99. The van der Waals surface area contributed by atoms with Gasteiger partial charge in [-0.15, -0.1) is 6.58 Å². The Morgan fingerprint density at radius 3 is 2.61 bits per heavy atom. The summed E-state index contributed by atoms with van der Waals surface area (Å²) in [5.41, 5.74) is 0. The van der Waals surface area contributed by atoms with Crippen molar-refractivity contribution in [2.24, 2.45) is 41.4 Å². The van der Waals surface area contributed by atoms with Gasteiger partial charge in [-0.1, -0.05) is 39.7 Å². The van der Waals surface area contributed by atoms with E-state index < -0.39 is 0 Å². The molecular weight excluding hydrogens is 220 g/mol. The third-order valence-electron chi connectivity index (χ3n) is 6.00. The fraction of sp³-hybridized carbons (Fsp3) is 0.882. The molecule has 0 aliphatic heterocycles. The second kappa shape index (κ2) is 5.77. The molecular formula is C17H30O. The first-order valence-electron chi connectivity index (χ1n) is 7.83. The highest BCUT2D eigenvalue weighted by Gasteiger charge is 2.50. The number of allylic oxidation sites excluding steroid dienone is 1. The first-order valence-corrected chi connectivity index (χ1v) is 7.83. The SMILES string of the molecule is C=CC(C)CC1C(C)C2CCC[C@H](C)C2C1CO. The maximum Gasteiger partial charge on any atom is 0.0464 e. The third-order valence-corrected chi connectivity index (χ3v) is 6.00. The first kappa shape index (κ1) is 14.1. The summed E-state index contributed by atoms with van der Waals surface area (Å²) >= 11 is 0. The van der Waals surface area contributed by atoms with Crippen LogP contribution in [0.15, 0.2) is 12.7 Å². The Hall–Kier alpha value is -0.300. The highest BCUT2D eigenvalue weighted by Crippen LogP contribution is 2.55. The Bertz CT molecular complexity index is 285. The zero-order valence-corrected chi connectivity index (χ0v) is 12.3. The molecule has 0 heterocycles. The molecule has 1 heteroatoms. The van der Waals surface area contributed by atoms with Crippen molar-refractivity contribution in [3.8, 4) is 0 Å². The topological polar surface area (TPSA) is 20.2 Å². The molecule has 0 aromatic heterocycles. The van der Waals surface area contributed by atoms with Crippen molar-refractivity contribution < 1.29 is 5.11 Å². The van der Waals surface area contributed by atoms with E-state index in [1.54, 1.807) is 0 Å². The van der Waals surface area contributed by atoms with Gasteiger partial charge < -0.3 is 5.11 Å². The average molecular weight is 250 g/mol. The van der Waals surface area contributed by atoms with Gasteiger partial charge in [-0.25, -0.2) is 0 Å². The predicted molar refractivity (Wildman–Crippen MR) is 77.2 cm³/mol. The van der Waals surface area contributed by atoms with Gasteiger partial charge in [0.2, 0.25) is 0 Å². The Balaban J connectivity index is 2.16. The van der Waals surface area contributed by atoms with Gasteiger partial charge in [0.25, 0.3) is 0 Å². The summed E-state index contributed by atoms with van der Waals surface area (Å²) in [6.45, 7) is 11.4. The molecule has 0 bridgehead atoms. The van der Waals surface area contributed by atoms with Crippen molar-refractivity contribution in [3.63, 3.8) is 0 Å². The number of hydrogen-bond acceptors (Lipinski definition) is 1. The van der Waals surface area contributed by atoms with Crippen LogP contribution in [0.5, 0.6) is 0 Å². The third kappa shape index (κ3) is 2.39. The van der Waals surface area contributed by atoms with Crippen LogP contribution in [0.25, 0.3) is 0 Å². The number of fused-ring (bicyclic) bond motifs is 1. The molecule has 2 rings (SSSR count). The molecule has 2 aliphatic rings. The van der Waals surface area contributed by atoms with E-state index in [0.29, 0.717) is 24.4 Å². The van der Waals surface area contributed by atoms with Crippen LogP contribution in [-0.2, 0) is 0 Å². The second-order valence-corrected chi connectivity index (χ2v) is 6.97. The van der Waals surface area contributed by atoms with Crippen molar-refractivity contribution in [1.82, 2.24) is 0 Å². The summed E-state index contributed by atoms with van der Waals surface area (Å²) in [4.78, 5) is 0. The number of aliphatic hydroxyl groups excluding tert-OH is 1. The lowest BCUT2D eigenvalue weighted by molar-refractivity contribution is 0.0914. The van der Waals surface area contributed by atoms with Gasteiger partial charge in [-0.2, -0.15) is 0 Å². The van der Waals surface area contributed by atoms with Crippen molar-refractivity contribution in [1.29, 1.82) is 0 Å². The van der Waals surface area contributed by atoms with Gasteiger partial charge >= 0.3 is 0 Å². The lowest BCUT2D eigenvalue weighted by Gasteiger charge is -2.35. The Labute approximate surface area is 113 Å². The minimum absolute atomic E-state index is 0.393. The van der Waals surface area contributed by atoms with Gasteiger partial charge in [0.05, 0.1) is 0 Å². The molecule has 2 aliphatic carbocycles. The van der Waals surface area contributed by atoms with Gasteiger partial charge in [0.1, 0.15) is 0 Å². The van der Waals surface area contributed by atoms with Gasteiger partial charge in [0.15, 0.2) is 0 Å². The molecule has 0 aromatic rings. The molecule has 1 nitrogen and oxygen atoms in total. The number of hydrogen-bond donors (Lipinski definition) is 1. The first-order chi connectivity index (χ1) is 8.60. The summed E-state index contributed by atoms with van der Waals surface area (Å²) in [6, 6.07) is 0. The van der Waals surface area contributed by atoms with Crippen LogP contribution in [0, 0.1) is 41.4 Å². The molecule has 2 fully saturated rings. The maximum atomic E-state index is 9.87. The van der Waals surface area contributed by atoms with E-state index in [9.17, 15) is 5.11 Å². The minimum Gasteiger partial charge on any atom is -0.396 e. The Kier molecular flexibility index (Phi) is 4.53. The van der Waals surface area contributed by atoms with Crippen LogP contribution in [-0.4, -0.2) is 11.7 Å². The Morgan fingerprint density at radius 1 is 1.28 bits per heavy atom. The van der Waals surface area contributed by atoms with E-state index in [-0.39, 0.29) is 0 Å². The molecule has 2 saturated carbocycles. The quantitative estimate of drug-likeness (QED) is 0.744. The maximum absolute atomic E-state index is 9.87. The summed E-state index contributed by atoms with van der Waals surface area (Å²) < 4.78 is 0. The molecule has 1 N–H and O–H groups in total. The predicted octanol–water partition coefficient (Wildman–Crippen LogP) is 4.13. The lowest BCUT2D eigenvalue weighted by atomic mass is 9.70. The second-order valence-electron chi connectivity index (χ2n) is 6.97. The van der Waals surface area contributed by atoms with Crippen LogP contribution in [0.2, 0.25) is 0 Å². The van der Waals surface area contributed by atoms with E-state index in [1.807, 2.05) is 0 Å². The van der Waals surface area contributed by atoms with Crippen molar-refractivity contribution >= 4 is 0 Å². The van der Waals surface area contributed by atoms with Gasteiger partial charge in [0, 0.05) is 6.61 Å². The van der Waals surface area contributed by atoms with E-state index >= 15 is 0 Å². The summed E-state index contributed by atoms with van der Waals surface area (Å²) in [5.74, 6) is 5.08. The molecule has 6 unspecified atom stereocenters. The summed E-state index contributed by atoms with van der Waals surface area (Å²) in [5, 5.41) is 9.87. The van der Waals surface area contributed by atoms with Crippen molar-refractivity contribution in [2.45, 2.75) is 46.5 Å². The fourth-order valence-electron chi connectivity index (χ4n) is 5.00. The average Bonchev–Trinajstić information content (AvgIpc) is 2.64. The van der Waals surface area contributed by atoms with Crippen LogP contribution >= 0.6 is 0 Å². The van der Waals surface area contributed by atoms with Crippen LogP contribution < -0.4 is 0 Å². The summed E-state index contributed by atoms with van der Waals surface area (Å²) in [7, 11) is 0. The van der Waals surface area contributed by atoms with Crippen LogP contribution in [0.3, 0.4) is 0 Å². The standard InChI is InChI=1S/C17H30O/c1-5-11(2)9-15-13(4)14-8-6-7-12(3)17(14)16(15)10-18/h5,11-18H,1,6-10H2,2-4H3/t11?,12-,13?,14?,15?,16?,17?/m0/s1. The molecule has 0 amide bonds. The smallest absolute Gasteiger partial charge is 0.0464 e. The minimum atomic E-state index is 0.393. The van der Waals surface area contributed by atoms with E-state index in [2.05, 4.69) is 33.4 Å². The van der Waals surface area contributed by atoms with Crippen LogP contribution in [0.1, 0.15) is 46.5 Å². The Morgan fingerprint density at radius 2 is 2.00 bits per heavy atom. The molecule has 104 valence electrons. The normalized spacial score (nSPS) is 45.6. The molecule has 0 aromatic carbocycles. The zero-order valence-electron chi connectivity index (χ0n) is 12.3.